The smallest absolute Gasteiger partial charge is 0.0663 e. The third-order valence-corrected chi connectivity index (χ3v) is 2.01. The van der Waals surface area contributed by atoms with Crippen molar-refractivity contribution in [2.75, 3.05) is 0 Å². The molecule has 1 radical (unpaired) electrons. The zero-order valence-corrected chi connectivity index (χ0v) is 8.34. The van der Waals surface area contributed by atoms with Gasteiger partial charge in [0.1, 0.15) is 0 Å². The standard InChI is InChI=1S/C8H21BP/c1-7(2,3)10(9)8(4,5)6/h1-6,9H3. The first-order chi connectivity index (χ1) is 4.15. The Bertz CT molecular complexity index is 93.4. The van der Waals surface area contributed by atoms with Crippen LogP contribution in [0.2, 0.25) is 0 Å². The van der Waals surface area contributed by atoms with E-state index in [2.05, 4.69) is 41.5 Å². The molecular formula is C8H21BP. The fourth-order valence-electron chi connectivity index (χ4n) is 1.01. The number of hydrogen-bond acceptors (Lipinski definition) is 0. The molecule has 0 atom stereocenters. The van der Waals surface area contributed by atoms with Crippen molar-refractivity contribution in [3.8, 4) is 0 Å². The van der Waals surface area contributed by atoms with Gasteiger partial charge in [-0.3, -0.25) is 0 Å². The van der Waals surface area contributed by atoms with Crippen molar-refractivity contribution in [3.63, 3.8) is 0 Å². The summed E-state index contributed by atoms with van der Waals surface area (Å²) < 4.78 is 0. The van der Waals surface area contributed by atoms with Crippen LogP contribution in [0.1, 0.15) is 41.5 Å². The van der Waals surface area contributed by atoms with Crippen LogP contribution in [-0.4, -0.2) is 17.9 Å². The van der Waals surface area contributed by atoms with Crippen molar-refractivity contribution in [3.05, 3.63) is 0 Å². The molecule has 0 N–H and O–H groups in total. The Balaban J connectivity index is 4.23. The van der Waals surface area contributed by atoms with E-state index in [0.29, 0.717) is 25.7 Å². The monoisotopic (exact) mass is 159 g/mol. The van der Waals surface area contributed by atoms with Gasteiger partial charge < -0.3 is 0 Å². The average Bonchev–Trinajstić information content (AvgIpc) is 1.59. The summed E-state index contributed by atoms with van der Waals surface area (Å²) in [6.07, 6.45) is 0. The lowest BCUT2D eigenvalue weighted by atomic mass is 10.2. The van der Waals surface area contributed by atoms with Crippen molar-refractivity contribution in [1.29, 1.82) is 0 Å². The predicted octanol–water partition coefficient (Wildman–Crippen LogP) is 2.35. The zero-order valence-electron chi connectivity index (χ0n) is 7.45. The van der Waals surface area contributed by atoms with Gasteiger partial charge in [-0.1, -0.05) is 7.80 Å². The Morgan fingerprint density at radius 1 is 0.800 bits per heavy atom. The van der Waals surface area contributed by atoms with Gasteiger partial charge in [-0.25, -0.2) is 0 Å². The maximum absolute atomic E-state index is 2.40. The molecule has 61 valence electrons. The Kier molecular flexibility index (Phi) is 3.00. The maximum atomic E-state index is 2.40. The molecule has 0 aliphatic carbocycles. The highest BCUT2D eigenvalue weighted by Crippen LogP contribution is 2.55. The van der Waals surface area contributed by atoms with Crippen LogP contribution in [0.15, 0.2) is 0 Å². The first-order valence-corrected chi connectivity index (χ1v) is 4.34. The highest BCUT2D eigenvalue weighted by molar-refractivity contribution is 7.84. The van der Waals surface area contributed by atoms with Gasteiger partial charge in [-0.15, -0.1) is 0 Å². The lowest BCUT2D eigenvalue weighted by Gasteiger charge is -2.32. The minimum absolute atomic E-state index is 0.387. The van der Waals surface area contributed by atoms with Gasteiger partial charge in [-0.05, 0) is 41.5 Å². The van der Waals surface area contributed by atoms with Gasteiger partial charge in [0.05, 0.1) is 10.3 Å². The number of hydrogen-bond donors (Lipinski definition) is 0. The van der Waals surface area contributed by atoms with Crippen molar-refractivity contribution < 1.29 is 0 Å². The molecule has 0 aliphatic rings. The summed E-state index contributed by atoms with van der Waals surface area (Å²) in [4.78, 5) is 0. The summed E-state index contributed by atoms with van der Waals surface area (Å²) in [5.74, 6) is 0. The van der Waals surface area contributed by atoms with Crippen LogP contribution in [-0.2, 0) is 0 Å². The molecule has 0 nitrogen and oxygen atoms in total. The third kappa shape index (κ3) is 3.06. The Hall–Kier alpha value is 0.495. The molecule has 0 aromatic heterocycles. The summed E-state index contributed by atoms with van der Waals surface area (Å²) in [7, 11) is 0.938. The zero-order chi connectivity index (χ0) is 8.58. The summed E-state index contributed by atoms with van der Waals surface area (Å²) in [6.45, 7) is 14.4. The van der Waals surface area contributed by atoms with Gasteiger partial charge >= 0.3 is 0 Å². The van der Waals surface area contributed by atoms with E-state index >= 15 is 0 Å². The predicted molar refractivity (Wildman–Crippen MR) is 56.4 cm³/mol. The van der Waals surface area contributed by atoms with Crippen LogP contribution in [0.5, 0.6) is 0 Å². The molecular weight excluding hydrogens is 138 g/mol. The van der Waals surface area contributed by atoms with Gasteiger partial charge in [-0.2, -0.15) is 0 Å². The lowest BCUT2D eigenvalue weighted by molar-refractivity contribution is 0.719. The second-order valence-corrected chi connectivity index (χ2v) is 7.36. The minimum Gasteiger partial charge on any atom is -0.0663 e. The Morgan fingerprint density at radius 3 is 1.00 bits per heavy atom. The molecule has 0 amide bonds. The van der Waals surface area contributed by atoms with Gasteiger partial charge in [0.2, 0.25) is 0 Å². The molecule has 0 aliphatic heterocycles. The topological polar surface area (TPSA) is 0 Å². The van der Waals surface area contributed by atoms with Gasteiger partial charge in [0.15, 0.2) is 7.57 Å². The van der Waals surface area contributed by atoms with Crippen LogP contribution in [0.3, 0.4) is 0 Å². The van der Waals surface area contributed by atoms with Crippen LogP contribution in [0.4, 0.5) is 0 Å². The highest BCUT2D eigenvalue weighted by Gasteiger charge is 2.35. The molecule has 0 aromatic rings. The first kappa shape index (κ1) is 10.5. The van der Waals surface area contributed by atoms with Crippen LogP contribution in [0.25, 0.3) is 0 Å². The molecule has 0 unspecified atom stereocenters. The van der Waals surface area contributed by atoms with Gasteiger partial charge in [0.25, 0.3) is 0 Å². The summed E-state index contributed by atoms with van der Waals surface area (Å²) in [6, 6.07) is 0. The Morgan fingerprint density at radius 2 is 1.00 bits per heavy atom. The molecule has 0 aromatic carbocycles. The quantitative estimate of drug-likeness (QED) is 0.376. The van der Waals surface area contributed by atoms with Crippen molar-refractivity contribution in [1.82, 2.24) is 0 Å². The molecule has 2 heteroatoms. The fraction of sp³-hybridized carbons (Fsp3) is 1.00. The van der Waals surface area contributed by atoms with E-state index in [-0.39, 0.29) is 0 Å². The van der Waals surface area contributed by atoms with Crippen molar-refractivity contribution >= 4 is 15.4 Å². The van der Waals surface area contributed by atoms with E-state index in [9.17, 15) is 0 Å². The average molecular weight is 159 g/mol. The third-order valence-electron chi connectivity index (χ3n) is 0.671. The molecule has 0 saturated heterocycles. The van der Waals surface area contributed by atoms with Crippen LogP contribution in [0, 0.1) is 0 Å². The summed E-state index contributed by atoms with van der Waals surface area (Å²) in [5.41, 5.74) is 0. The number of rotatable bonds is 0. The lowest BCUT2D eigenvalue weighted by Crippen LogP contribution is -2.24. The summed E-state index contributed by atoms with van der Waals surface area (Å²) in [5, 5.41) is 1.24. The molecule has 0 spiro atoms. The largest absolute Gasteiger partial charge is 0.159 e. The van der Waals surface area contributed by atoms with E-state index in [4.69, 9.17) is 0 Å². The van der Waals surface area contributed by atoms with E-state index in [1.165, 1.54) is 0 Å². The van der Waals surface area contributed by atoms with E-state index in [1.54, 1.807) is 0 Å². The Labute approximate surface area is 67.9 Å². The summed E-state index contributed by atoms with van der Waals surface area (Å²) >= 11 is 0. The van der Waals surface area contributed by atoms with E-state index in [1.807, 2.05) is 0 Å². The van der Waals surface area contributed by atoms with Crippen LogP contribution < -0.4 is 0 Å². The molecule has 0 fully saturated rings. The SMILES string of the molecule is [BH3-][P+](C(C)(C)C)C(C)(C)C. The first-order valence-electron chi connectivity index (χ1n) is 3.45. The molecule has 0 rings (SSSR count). The maximum Gasteiger partial charge on any atom is 0.159 e. The van der Waals surface area contributed by atoms with E-state index < -0.39 is 0 Å². The normalized spacial score (nSPS) is 14.4. The molecule has 0 heterocycles. The molecule has 0 bridgehead atoms. The highest BCUT2D eigenvalue weighted by atomic mass is 31.1. The van der Waals surface area contributed by atoms with Crippen molar-refractivity contribution in [2.24, 2.45) is 0 Å². The van der Waals surface area contributed by atoms with Crippen molar-refractivity contribution in [2.45, 2.75) is 51.9 Å². The van der Waals surface area contributed by atoms with Gasteiger partial charge in [0, 0.05) is 0 Å². The minimum atomic E-state index is 0.387. The molecule has 0 saturated carbocycles. The fourth-order valence-corrected chi connectivity index (χ4v) is 3.02. The second-order valence-electron chi connectivity index (χ2n) is 4.45. The molecule has 10 heavy (non-hydrogen) atoms. The second kappa shape index (κ2) is 2.85. The van der Waals surface area contributed by atoms with Crippen LogP contribution >= 0.6 is 7.80 Å². The van der Waals surface area contributed by atoms with E-state index in [0.717, 1.165) is 0 Å².